The molecule has 0 bridgehead atoms. The molecule has 0 aromatic rings. The minimum absolute atomic E-state index is 0.152. The fourth-order valence-electron chi connectivity index (χ4n) is 7.49. The van der Waals surface area contributed by atoms with Crippen LogP contribution in [0, 0.1) is 45.8 Å². The van der Waals surface area contributed by atoms with Crippen molar-refractivity contribution in [3.63, 3.8) is 0 Å². The minimum Gasteiger partial charge on any atom is -0.375 e. The molecule has 4 aliphatic carbocycles. The van der Waals surface area contributed by atoms with Crippen molar-refractivity contribution in [3.05, 3.63) is 0 Å². The average molecular weight is 301 g/mol. The second-order valence-electron chi connectivity index (χ2n) is 9.37. The Morgan fingerprint density at radius 2 is 1.68 bits per heavy atom. The number of hydrogen-bond donors (Lipinski definition) is 1. The predicted molar refractivity (Wildman–Crippen MR) is 86.9 cm³/mol. The van der Waals surface area contributed by atoms with Crippen LogP contribution in [-0.2, 0) is 0 Å². The highest BCUT2D eigenvalue weighted by atomic mass is 16.3. The third-order valence-corrected chi connectivity index (χ3v) is 8.92. The van der Waals surface area contributed by atoms with Crippen molar-refractivity contribution < 1.29 is 5.11 Å². The highest BCUT2D eigenvalue weighted by Crippen LogP contribution is 2.68. The van der Waals surface area contributed by atoms with E-state index in [2.05, 4.69) is 19.9 Å². The van der Waals surface area contributed by atoms with Gasteiger partial charge in [-0.15, -0.1) is 0 Å². The first-order valence-corrected chi connectivity index (χ1v) is 9.58. The van der Waals surface area contributed by atoms with Gasteiger partial charge in [0.25, 0.3) is 0 Å². The number of nitrogens with zero attached hydrogens (tertiary/aromatic N) is 1. The van der Waals surface area contributed by atoms with Crippen LogP contribution in [0.15, 0.2) is 0 Å². The van der Waals surface area contributed by atoms with E-state index in [0.717, 1.165) is 30.6 Å². The number of rotatable bonds is 0. The summed E-state index contributed by atoms with van der Waals surface area (Å²) in [4.78, 5) is 0. The number of nitriles is 1. The summed E-state index contributed by atoms with van der Waals surface area (Å²) >= 11 is 0. The van der Waals surface area contributed by atoms with Crippen LogP contribution < -0.4 is 0 Å². The molecule has 0 amide bonds. The van der Waals surface area contributed by atoms with Gasteiger partial charge in [-0.3, -0.25) is 0 Å². The summed E-state index contributed by atoms with van der Waals surface area (Å²) < 4.78 is 0. The lowest BCUT2D eigenvalue weighted by Gasteiger charge is -2.60. The van der Waals surface area contributed by atoms with E-state index in [4.69, 9.17) is 0 Å². The summed E-state index contributed by atoms with van der Waals surface area (Å²) in [7, 11) is 0. The Bertz CT molecular complexity index is 510. The van der Waals surface area contributed by atoms with Gasteiger partial charge in [-0.1, -0.05) is 26.7 Å². The molecule has 1 N–H and O–H groups in total. The maximum atomic E-state index is 10.9. The van der Waals surface area contributed by atoms with Gasteiger partial charge < -0.3 is 5.11 Å². The summed E-state index contributed by atoms with van der Waals surface area (Å²) in [6.45, 7) is 4.81. The second kappa shape index (κ2) is 4.73. The van der Waals surface area contributed by atoms with E-state index in [9.17, 15) is 10.4 Å². The first-order valence-electron chi connectivity index (χ1n) is 9.58. The zero-order valence-electron chi connectivity index (χ0n) is 14.3. The molecule has 0 saturated heterocycles. The molecule has 22 heavy (non-hydrogen) atoms. The Balaban J connectivity index is 1.67. The maximum Gasteiger partial charge on any atom is 0.156 e. The third-order valence-electron chi connectivity index (χ3n) is 8.92. The Morgan fingerprint density at radius 3 is 2.45 bits per heavy atom. The van der Waals surface area contributed by atoms with Gasteiger partial charge in [0.05, 0.1) is 6.07 Å². The topological polar surface area (TPSA) is 44.0 Å². The lowest BCUT2D eigenvalue weighted by atomic mass is 9.44. The van der Waals surface area contributed by atoms with E-state index in [-0.39, 0.29) is 5.41 Å². The van der Waals surface area contributed by atoms with Crippen LogP contribution >= 0.6 is 0 Å². The van der Waals surface area contributed by atoms with Gasteiger partial charge in [0.2, 0.25) is 0 Å². The summed E-state index contributed by atoms with van der Waals surface area (Å²) in [6, 6.07) is 2.30. The SMILES string of the molecule is C[C@]12CCCC[C@@H]1CC[C@@H]1[C@@H]2CC[C@@]2(C)[C@H]1CC[C@]2(O)C#N. The fourth-order valence-corrected chi connectivity index (χ4v) is 7.49. The van der Waals surface area contributed by atoms with Crippen molar-refractivity contribution in [2.75, 3.05) is 0 Å². The van der Waals surface area contributed by atoms with E-state index in [1.54, 1.807) is 0 Å². The summed E-state index contributed by atoms with van der Waals surface area (Å²) in [5.74, 6) is 3.14. The van der Waals surface area contributed by atoms with Crippen molar-refractivity contribution in [3.8, 4) is 6.07 Å². The van der Waals surface area contributed by atoms with Crippen LogP contribution in [0.2, 0.25) is 0 Å². The van der Waals surface area contributed by atoms with E-state index in [1.165, 1.54) is 44.9 Å². The number of hydrogen-bond acceptors (Lipinski definition) is 2. The molecule has 0 aliphatic heterocycles. The zero-order valence-corrected chi connectivity index (χ0v) is 14.3. The lowest BCUT2D eigenvalue weighted by Crippen LogP contribution is -2.55. The van der Waals surface area contributed by atoms with Crippen molar-refractivity contribution >= 4 is 0 Å². The van der Waals surface area contributed by atoms with Crippen molar-refractivity contribution in [2.45, 2.75) is 83.7 Å². The first-order chi connectivity index (χ1) is 10.4. The molecule has 0 spiro atoms. The molecular formula is C20H31NO. The molecule has 0 aromatic carbocycles. The minimum atomic E-state index is -1.06. The average Bonchev–Trinajstić information content (AvgIpc) is 2.79. The maximum absolute atomic E-state index is 10.9. The second-order valence-corrected chi connectivity index (χ2v) is 9.37. The monoisotopic (exact) mass is 301 g/mol. The van der Waals surface area contributed by atoms with Crippen LogP contribution in [0.1, 0.15) is 78.1 Å². The van der Waals surface area contributed by atoms with E-state index >= 15 is 0 Å². The highest BCUT2D eigenvalue weighted by Gasteiger charge is 2.64. The molecular weight excluding hydrogens is 270 g/mol. The largest absolute Gasteiger partial charge is 0.375 e. The van der Waals surface area contributed by atoms with Crippen molar-refractivity contribution in [1.82, 2.24) is 0 Å². The molecule has 2 heteroatoms. The standard InChI is InChI=1S/C20H31NO/c1-18-10-4-3-5-14(18)6-7-15-16(18)8-11-19(2)17(15)9-12-20(19,22)13-21/h14-17,22H,3-12H2,1-2H3/t14-,15-,16+,17+,18+,19+,20+/m1/s1. The Morgan fingerprint density at radius 1 is 0.909 bits per heavy atom. The summed E-state index contributed by atoms with van der Waals surface area (Å²) in [5.41, 5.74) is -0.663. The molecule has 4 fully saturated rings. The third kappa shape index (κ3) is 1.70. The Labute approximate surface area is 135 Å². The molecule has 0 heterocycles. The van der Waals surface area contributed by atoms with E-state index in [0.29, 0.717) is 17.8 Å². The number of fused-ring (bicyclic) bond motifs is 5. The first kappa shape index (κ1) is 15.0. The molecule has 7 atom stereocenters. The fraction of sp³-hybridized carbons (Fsp3) is 0.950. The molecule has 4 rings (SSSR count). The normalized spacial score (nSPS) is 57.4. The molecule has 2 nitrogen and oxygen atoms in total. The van der Waals surface area contributed by atoms with E-state index in [1.807, 2.05) is 0 Å². The Hall–Kier alpha value is -0.550. The molecule has 4 aliphatic rings. The predicted octanol–water partition coefficient (Wildman–Crippen LogP) is 4.67. The van der Waals surface area contributed by atoms with Crippen LogP contribution in [-0.4, -0.2) is 10.7 Å². The van der Waals surface area contributed by atoms with Crippen LogP contribution in [0.3, 0.4) is 0 Å². The lowest BCUT2D eigenvalue weighted by molar-refractivity contribution is -0.135. The van der Waals surface area contributed by atoms with Crippen LogP contribution in [0.5, 0.6) is 0 Å². The summed E-state index contributed by atoms with van der Waals surface area (Å²) in [5, 5.41) is 20.4. The smallest absolute Gasteiger partial charge is 0.156 e. The van der Waals surface area contributed by atoms with Gasteiger partial charge in [-0.25, -0.2) is 0 Å². The van der Waals surface area contributed by atoms with Gasteiger partial charge in [0, 0.05) is 5.41 Å². The van der Waals surface area contributed by atoms with E-state index < -0.39 is 5.60 Å². The number of aliphatic hydroxyl groups is 1. The van der Waals surface area contributed by atoms with Crippen molar-refractivity contribution in [2.24, 2.45) is 34.5 Å². The van der Waals surface area contributed by atoms with Crippen LogP contribution in [0.25, 0.3) is 0 Å². The van der Waals surface area contributed by atoms with Gasteiger partial charge in [0.15, 0.2) is 5.60 Å². The molecule has 0 aromatic heterocycles. The molecule has 4 saturated carbocycles. The summed E-state index contributed by atoms with van der Waals surface area (Å²) in [6.07, 6.45) is 12.6. The van der Waals surface area contributed by atoms with Gasteiger partial charge in [0.1, 0.15) is 0 Å². The molecule has 122 valence electrons. The van der Waals surface area contributed by atoms with Gasteiger partial charge in [-0.05, 0) is 80.5 Å². The van der Waals surface area contributed by atoms with Gasteiger partial charge in [-0.2, -0.15) is 5.26 Å². The Kier molecular flexibility index (Phi) is 3.22. The molecule has 0 unspecified atom stereocenters. The van der Waals surface area contributed by atoms with Crippen molar-refractivity contribution in [1.29, 1.82) is 5.26 Å². The molecule has 0 radical (unpaired) electrons. The van der Waals surface area contributed by atoms with Crippen LogP contribution in [0.4, 0.5) is 0 Å². The highest BCUT2D eigenvalue weighted by molar-refractivity contribution is 5.20. The quantitative estimate of drug-likeness (QED) is 0.661. The van der Waals surface area contributed by atoms with Gasteiger partial charge >= 0.3 is 0 Å². The zero-order chi connectivity index (χ0) is 15.6.